The van der Waals surface area contributed by atoms with Crippen LogP contribution < -0.4 is 5.73 Å². The van der Waals surface area contributed by atoms with Crippen LogP contribution >= 0.6 is 12.4 Å². The van der Waals surface area contributed by atoms with E-state index in [-0.39, 0.29) is 24.4 Å². The zero-order chi connectivity index (χ0) is 13.7. The van der Waals surface area contributed by atoms with E-state index >= 15 is 0 Å². The molecule has 1 unspecified atom stereocenters. The van der Waals surface area contributed by atoms with Crippen LogP contribution in [0, 0.1) is 0 Å². The van der Waals surface area contributed by atoms with Crippen molar-refractivity contribution in [2.45, 2.75) is 32.3 Å². The SMILES string of the molecule is CCN(CC1CCCO1)C(=O)Cc1ccc(N)cc1.Cl. The molecule has 0 aliphatic carbocycles. The maximum Gasteiger partial charge on any atom is 0.227 e. The smallest absolute Gasteiger partial charge is 0.227 e. The van der Waals surface area contributed by atoms with E-state index in [1.54, 1.807) is 0 Å². The molecule has 1 aromatic rings. The van der Waals surface area contributed by atoms with Gasteiger partial charge < -0.3 is 15.4 Å². The Balaban J connectivity index is 0.00000200. The van der Waals surface area contributed by atoms with Crippen LogP contribution in [0.15, 0.2) is 24.3 Å². The normalized spacial score (nSPS) is 17.6. The molecule has 0 saturated carbocycles. The molecule has 2 N–H and O–H groups in total. The van der Waals surface area contributed by atoms with Gasteiger partial charge in [0.25, 0.3) is 0 Å². The van der Waals surface area contributed by atoms with Crippen LogP contribution in [0.4, 0.5) is 5.69 Å². The van der Waals surface area contributed by atoms with E-state index in [1.807, 2.05) is 36.1 Å². The fourth-order valence-electron chi connectivity index (χ4n) is 2.36. The van der Waals surface area contributed by atoms with Crippen molar-refractivity contribution >= 4 is 24.0 Å². The highest BCUT2D eigenvalue weighted by Crippen LogP contribution is 2.14. The highest BCUT2D eigenvalue weighted by molar-refractivity contribution is 5.85. The molecule has 20 heavy (non-hydrogen) atoms. The molecule has 1 aliphatic heterocycles. The average Bonchev–Trinajstić information content (AvgIpc) is 2.91. The maximum absolute atomic E-state index is 12.3. The molecule has 2 rings (SSSR count). The molecule has 1 fully saturated rings. The van der Waals surface area contributed by atoms with Crippen LogP contribution in [0.5, 0.6) is 0 Å². The predicted octanol–water partition coefficient (Wildman–Crippen LogP) is 2.26. The number of carbonyl (C=O) groups excluding carboxylic acids is 1. The van der Waals surface area contributed by atoms with Gasteiger partial charge in [-0.1, -0.05) is 12.1 Å². The van der Waals surface area contributed by atoms with Crippen molar-refractivity contribution in [1.29, 1.82) is 0 Å². The van der Waals surface area contributed by atoms with Gasteiger partial charge in [-0.15, -0.1) is 12.4 Å². The van der Waals surface area contributed by atoms with E-state index in [0.29, 0.717) is 13.0 Å². The number of amides is 1. The van der Waals surface area contributed by atoms with Gasteiger partial charge in [-0.25, -0.2) is 0 Å². The molecule has 1 amide bonds. The minimum absolute atomic E-state index is 0. The van der Waals surface area contributed by atoms with Crippen molar-refractivity contribution in [3.05, 3.63) is 29.8 Å². The Morgan fingerprint density at radius 3 is 2.65 bits per heavy atom. The number of hydrogen-bond donors (Lipinski definition) is 1. The van der Waals surface area contributed by atoms with Crippen LogP contribution in [-0.4, -0.2) is 36.6 Å². The molecule has 112 valence electrons. The van der Waals surface area contributed by atoms with Gasteiger partial charge in [-0.3, -0.25) is 4.79 Å². The topological polar surface area (TPSA) is 55.6 Å². The molecule has 0 spiro atoms. The first-order chi connectivity index (χ1) is 9.19. The third-order valence-electron chi connectivity index (χ3n) is 3.52. The predicted molar refractivity (Wildman–Crippen MR) is 83.0 cm³/mol. The molecular weight excluding hydrogens is 276 g/mol. The fraction of sp³-hybridized carbons (Fsp3) is 0.533. The minimum Gasteiger partial charge on any atom is -0.399 e. The van der Waals surface area contributed by atoms with E-state index in [2.05, 4.69) is 0 Å². The van der Waals surface area contributed by atoms with Crippen LogP contribution in [0.1, 0.15) is 25.3 Å². The summed E-state index contributed by atoms with van der Waals surface area (Å²) in [5, 5.41) is 0. The highest BCUT2D eigenvalue weighted by atomic mass is 35.5. The molecule has 1 aliphatic rings. The van der Waals surface area contributed by atoms with Gasteiger partial charge in [0.15, 0.2) is 0 Å². The Hall–Kier alpha value is -1.26. The van der Waals surface area contributed by atoms with E-state index < -0.39 is 0 Å². The van der Waals surface area contributed by atoms with Gasteiger partial charge in [-0.05, 0) is 37.5 Å². The molecule has 1 aromatic carbocycles. The second-order valence-electron chi connectivity index (χ2n) is 4.99. The summed E-state index contributed by atoms with van der Waals surface area (Å²) in [5.74, 6) is 0.155. The largest absolute Gasteiger partial charge is 0.399 e. The molecular formula is C15H23ClN2O2. The fourth-order valence-corrected chi connectivity index (χ4v) is 2.36. The van der Waals surface area contributed by atoms with Crippen molar-refractivity contribution in [2.75, 3.05) is 25.4 Å². The number of carbonyl (C=O) groups is 1. The van der Waals surface area contributed by atoms with Crippen LogP contribution in [0.25, 0.3) is 0 Å². The molecule has 5 heteroatoms. The standard InChI is InChI=1S/C15H22N2O2.ClH/c1-2-17(11-14-4-3-9-19-14)15(18)10-12-5-7-13(16)8-6-12;/h5-8,14H,2-4,9-11,16H2,1H3;1H. The number of halogens is 1. The van der Waals surface area contributed by atoms with Crippen molar-refractivity contribution in [1.82, 2.24) is 4.90 Å². The first kappa shape index (κ1) is 16.8. The quantitative estimate of drug-likeness (QED) is 0.848. The molecule has 4 nitrogen and oxygen atoms in total. The van der Waals surface area contributed by atoms with Crippen molar-refractivity contribution in [3.63, 3.8) is 0 Å². The third-order valence-corrected chi connectivity index (χ3v) is 3.52. The van der Waals surface area contributed by atoms with Gasteiger partial charge in [0.2, 0.25) is 5.91 Å². The minimum atomic E-state index is 0. The number of hydrogen-bond acceptors (Lipinski definition) is 3. The average molecular weight is 299 g/mol. The maximum atomic E-state index is 12.3. The number of benzene rings is 1. The van der Waals surface area contributed by atoms with Gasteiger partial charge >= 0.3 is 0 Å². The summed E-state index contributed by atoms with van der Waals surface area (Å²) in [5.41, 5.74) is 7.37. The zero-order valence-electron chi connectivity index (χ0n) is 11.9. The number of anilines is 1. The van der Waals surface area contributed by atoms with E-state index in [0.717, 1.165) is 37.2 Å². The van der Waals surface area contributed by atoms with E-state index in [9.17, 15) is 4.79 Å². The lowest BCUT2D eigenvalue weighted by molar-refractivity contribution is -0.131. The molecule has 0 radical (unpaired) electrons. The van der Waals surface area contributed by atoms with E-state index in [4.69, 9.17) is 10.5 Å². The number of nitrogens with two attached hydrogens (primary N) is 1. The highest BCUT2D eigenvalue weighted by Gasteiger charge is 2.21. The second-order valence-corrected chi connectivity index (χ2v) is 4.99. The summed E-state index contributed by atoms with van der Waals surface area (Å²) < 4.78 is 5.59. The first-order valence-corrected chi connectivity index (χ1v) is 6.93. The summed E-state index contributed by atoms with van der Waals surface area (Å²) in [6.07, 6.45) is 2.82. The Morgan fingerprint density at radius 2 is 2.10 bits per heavy atom. The lowest BCUT2D eigenvalue weighted by Gasteiger charge is -2.24. The Morgan fingerprint density at radius 1 is 1.40 bits per heavy atom. The number of likely N-dealkylation sites (N-methyl/N-ethyl adjacent to an activating group) is 1. The van der Waals surface area contributed by atoms with Gasteiger partial charge in [0, 0.05) is 25.4 Å². The van der Waals surface area contributed by atoms with Crippen molar-refractivity contribution in [3.8, 4) is 0 Å². The van der Waals surface area contributed by atoms with Crippen molar-refractivity contribution < 1.29 is 9.53 Å². The van der Waals surface area contributed by atoms with Crippen LogP contribution in [-0.2, 0) is 16.0 Å². The van der Waals surface area contributed by atoms with Gasteiger partial charge in [0.1, 0.15) is 0 Å². The summed E-state index contributed by atoms with van der Waals surface area (Å²) >= 11 is 0. The molecule has 0 aromatic heterocycles. The summed E-state index contributed by atoms with van der Waals surface area (Å²) in [6, 6.07) is 7.48. The monoisotopic (exact) mass is 298 g/mol. The zero-order valence-corrected chi connectivity index (χ0v) is 12.7. The Bertz CT molecular complexity index is 416. The summed E-state index contributed by atoms with van der Waals surface area (Å²) in [6.45, 7) is 4.28. The summed E-state index contributed by atoms with van der Waals surface area (Å²) in [4.78, 5) is 14.1. The molecule has 1 heterocycles. The van der Waals surface area contributed by atoms with Gasteiger partial charge in [-0.2, -0.15) is 0 Å². The lowest BCUT2D eigenvalue weighted by Crippen LogP contribution is -2.38. The third kappa shape index (κ3) is 4.69. The summed E-state index contributed by atoms with van der Waals surface area (Å²) in [7, 11) is 0. The Labute approximate surface area is 126 Å². The Kier molecular flexibility index (Phi) is 6.82. The number of nitrogens with zero attached hydrogens (tertiary/aromatic N) is 1. The van der Waals surface area contributed by atoms with Crippen molar-refractivity contribution in [2.24, 2.45) is 0 Å². The van der Waals surface area contributed by atoms with Crippen LogP contribution in [0.3, 0.4) is 0 Å². The van der Waals surface area contributed by atoms with Gasteiger partial charge in [0.05, 0.1) is 12.5 Å². The number of ether oxygens (including phenoxy) is 1. The first-order valence-electron chi connectivity index (χ1n) is 6.93. The molecule has 0 bridgehead atoms. The lowest BCUT2D eigenvalue weighted by atomic mass is 10.1. The van der Waals surface area contributed by atoms with E-state index in [1.165, 1.54) is 0 Å². The number of rotatable bonds is 5. The second kappa shape index (κ2) is 8.12. The molecule has 1 atom stereocenters. The van der Waals surface area contributed by atoms with Crippen LogP contribution in [0.2, 0.25) is 0 Å². The molecule has 1 saturated heterocycles. The number of nitrogen functional groups attached to an aromatic ring is 1.